The number of rotatable bonds is 8. The van der Waals surface area contributed by atoms with Gasteiger partial charge in [0, 0.05) is 19.2 Å². The van der Waals surface area contributed by atoms with Crippen LogP contribution >= 0.6 is 0 Å². The second-order valence-electron chi connectivity index (χ2n) is 5.47. The number of amides is 1. The average molecular weight is 269 g/mol. The van der Waals surface area contributed by atoms with Gasteiger partial charge in [-0.25, -0.2) is 4.79 Å². The standard InChI is InChI=1S/C15H27NO3/c1-6-9-13(10-8-12-17)16(11-7-2)14(18)19-15(3,4)5/h6-7,13,17H,1-2,8-12H2,3-5H3/t13-/m1/s1. The lowest BCUT2D eigenvalue weighted by atomic mass is 10.1. The summed E-state index contributed by atoms with van der Waals surface area (Å²) in [5.74, 6) is 0. The smallest absolute Gasteiger partial charge is 0.410 e. The van der Waals surface area contributed by atoms with Gasteiger partial charge in [-0.05, 0) is 40.0 Å². The molecule has 1 N–H and O–H groups in total. The Kier molecular flexibility index (Phi) is 8.16. The minimum atomic E-state index is -0.522. The van der Waals surface area contributed by atoms with E-state index in [0.29, 0.717) is 19.4 Å². The normalized spacial score (nSPS) is 12.6. The Labute approximate surface area is 116 Å². The highest BCUT2D eigenvalue weighted by Crippen LogP contribution is 2.17. The molecule has 0 rings (SSSR count). The van der Waals surface area contributed by atoms with Crippen LogP contribution in [0.2, 0.25) is 0 Å². The van der Waals surface area contributed by atoms with Crippen molar-refractivity contribution in [2.75, 3.05) is 13.2 Å². The summed E-state index contributed by atoms with van der Waals surface area (Å²) in [6, 6.07) is -0.0162. The predicted molar refractivity (Wildman–Crippen MR) is 78.1 cm³/mol. The van der Waals surface area contributed by atoms with Gasteiger partial charge in [-0.3, -0.25) is 0 Å². The van der Waals surface area contributed by atoms with Gasteiger partial charge in [-0.15, -0.1) is 13.2 Å². The van der Waals surface area contributed by atoms with Crippen LogP contribution in [0.1, 0.15) is 40.0 Å². The molecule has 0 spiro atoms. The molecule has 0 saturated heterocycles. The maximum Gasteiger partial charge on any atom is 0.410 e. The first-order valence-corrected chi connectivity index (χ1v) is 6.68. The lowest BCUT2D eigenvalue weighted by molar-refractivity contribution is 0.0176. The van der Waals surface area contributed by atoms with E-state index < -0.39 is 5.60 Å². The Morgan fingerprint density at radius 3 is 2.42 bits per heavy atom. The molecule has 0 heterocycles. The first-order valence-electron chi connectivity index (χ1n) is 6.68. The van der Waals surface area contributed by atoms with Crippen molar-refractivity contribution in [3.63, 3.8) is 0 Å². The molecule has 1 atom stereocenters. The maximum absolute atomic E-state index is 12.2. The van der Waals surface area contributed by atoms with Crippen LogP contribution in [-0.2, 0) is 4.74 Å². The Bertz CT molecular complexity index is 294. The minimum absolute atomic E-state index is 0.0162. The van der Waals surface area contributed by atoms with E-state index >= 15 is 0 Å². The molecule has 0 unspecified atom stereocenters. The van der Waals surface area contributed by atoms with Crippen molar-refractivity contribution in [1.82, 2.24) is 4.90 Å². The van der Waals surface area contributed by atoms with Gasteiger partial charge in [0.2, 0.25) is 0 Å². The van der Waals surface area contributed by atoms with E-state index in [2.05, 4.69) is 13.2 Å². The molecule has 4 heteroatoms. The number of ether oxygens (including phenoxy) is 1. The van der Waals surface area contributed by atoms with Crippen molar-refractivity contribution < 1.29 is 14.6 Å². The third kappa shape index (κ3) is 7.67. The molecule has 0 fully saturated rings. The number of aliphatic hydroxyl groups is 1. The lowest BCUT2D eigenvalue weighted by Gasteiger charge is -2.32. The van der Waals surface area contributed by atoms with Gasteiger partial charge in [-0.2, -0.15) is 0 Å². The van der Waals surface area contributed by atoms with E-state index in [1.54, 1.807) is 17.1 Å². The zero-order valence-electron chi connectivity index (χ0n) is 12.4. The monoisotopic (exact) mass is 269 g/mol. The van der Waals surface area contributed by atoms with Crippen LogP contribution in [0, 0.1) is 0 Å². The van der Waals surface area contributed by atoms with E-state index in [0.717, 1.165) is 6.42 Å². The van der Waals surface area contributed by atoms with Crippen molar-refractivity contribution in [1.29, 1.82) is 0 Å². The van der Waals surface area contributed by atoms with Crippen molar-refractivity contribution in [2.24, 2.45) is 0 Å². The van der Waals surface area contributed by atoms with Gasteiger partial charge in [0.05, 0.1) is 0 Å². The van der Waals surface area contributed by atoms with Crippen LogP contribution in [0.4, 0.5) is 4.79 Å². The number of carbonyl (C=O) groups excluding carboxylic acids is 1. The Hall–Kier alpha value is -1.29. The van der Waals surface area contributed by atoms with Gasteiger partial charge in [0.1, 0.15) is 5.60 Å². The van der Waals surface area contributed by atoms with Gasteiger partial charge in [-0.1, -0.05) is 12.2 Å². The van der Waals surface area contributed by atoms with E-state index in [-0.39, 0.29) is 18.7 Å². The zero-order chi connectivity index (χ0) is 14.9. The molecule has 19 heavy (non-hydrogen) atoms. The molecule has 0 aliphatic carbocycles. The molecular formula is C15H27NO3. The SMILES string of the molecule is C=CC[C@H](CCCO)N(CC=C)C(=O)OC(C)(C)C. The summed E-state index contributed by atoms with van der Waals surface area (Å²) in [5.41, 5.74) is -0.522. The molecule has 4 nitrogen and oxygen atoms in total. The summed E-state index contributed by atoms with van der Waals surface area (Å²) < 4.78 is 5.40. The fourth-order valence-electron chi connectivity index (χ4n) is 1.75. The zero-order valence-corrected chi connectivity index (χ0v) is 12.4. The number of hydrogen-bond donors (Lipinski definition) is 1. The molecule has 0 aromatic carbocycles. The Morgan fingerprint density at radius 2 is 2.00 bits per heavy atom. The highest BCUT2D eigenvalue weighted by atomic mass is 16.6. The first-order chi connectivity index (χ1) is 8.85. The number of aliphatic hydroxyl groups excluding tert-OH is 1. The quantitative estimate of drug-likeness (QED) is 0.689. The molecule has 0 aliphatic rings. The molecule has 0 aromatic heterocycles. The second-order valence-corrected chi connectivity index (χ2v) is 5.47. The molecule has 1 amide bonds. The van der Waals surface area contributed by atoms with Crippen LogP contribution in [0.15, 0.2) is 25.3 Å². The maximum atomic E-state index is 12.2. The predicted octanol–water partition coefficient (Wildman–Crippen LogP) is 3.13. The van der Waals surface area contributed by atoms with Crippen LogP contribution in [0.5, 0.6) is 0 Å². The Morgan fingerprint density at radius 1 is 1.37 bits per heavy atom. The molecule has 0 aliphatic heterocycles. The lowest BCUT2D eigenvalue weighted by Crippen LogP contribution is -2.43. The summed E-state index contributed by atoms with van der Waals surface area (Å²) in [6.07, 6.45) is 5.15. The topological polar surface area (TPSA) is 49.8 Å². The van der Waals surface area contributed by atoms with Crippen LogP contribution in [0.3, 0.4) is 0 Å². The van der Waals surface area contributed by atoms with E-state index in [4.69, 9.17) is 9.84 Å². The fraction of sp³-hybridized carbons (Fsp3) is 0.667. The third-order valence-electron chi connectivity index (χ3n) is 2.53. The summed E-state index contributed by atoms with van der Waals surface area (Å²) in [5, 5.41) is 8.94. The van der Waals surface area contributed by atoms with Crippen LogP contribution < -0.4 is 0 Å². The number of carbonyl (C=O) groups is 1. The molecule has 0 saturated carbocycles. The molecule has 110 valence electrons. The number of nitrogens with zero attached hydrogens (tertiary/aromatic N) is 1. The molecule has 0 aromatic rings. The summed E-state index contributed by atoms with van der Waals surface area (Å²) in [7, 11) is 0. The van der Waals surface area contributed by atoms with Gasteiger partial charge < -0.3 is 14.7 Å². The summed E-state index contributed by atoms with van der Waals surface area (Å²) >= 11 is 0. The highest BCUT2D eigenvalue weighted by Gasteiger charge is 2.26. The average Bonchev–Trinajstić information content (AvgIpc) is 2.29. The molecular weight excluding hydrogens is 242 g/mol. The highest BCUT2D eigenvalue weighted by molar-refractivity contribution is 5.68. The molecule has 0 bridgehead atoms. The first kappa shape index (κ1) is 17.7. The second kappa shape index (κ2) is 8.75. The largest absolute Gasteiger partial charge is 0.444 e. The van der Waals surface area contributed by atoms with E-state index in [9.17, 15) is 4.79 Å². The summed E-state index contributed by atoms with van der Waals surface area (Å²) in [6.45, 7) is 13.5. The van der Waals surface area contributed by atoms with Crippen molar-refractivity contribution >= 4 is 6.09 Å². The van der Waals surface area contributed by atoms with Crippen LogP contribution in [0.25, 0.3) is 0 Å². The van der Waals surface area contributed by atoms with Gasteiger partial charge in [0.25, 0.3) is 0 Å². The van der Waals surface area contributed by atoms with Gasteiger partial charge in [0.15, 0.2) is 0 Å². The number of hydrogen-bond acceptors (Lipinski definition) is 3. The van der Waals surface area contributed by atoms with Crippen molar-refractivity contribution in [2.45, 2.75) is 51.7 Å². The van der Waals surface area contributed by atoms with Crippen molar-refractivity contribution in [3.8, 4) is 0 Å². The summed E-state index contributed by atoms with van der Waals surface area (Å²) in [4.78, 5) is 13.8. The van der Waals surface area contributed by atoms with E-state index in [1.807, 2.05) is 20.8 Å². The fourth-order valence-corrected chi connectivity index (χ4v) is 1.75. The third-order valence-corrected chi connectivity index (χ3v) is 2.53. The minimum Gasteiger partial charge on any atom is -0.444 e. The van der Waals surface area contributed by atoms with Gasteiger partial charge >= 0.3 is 6.09 Å². The van der Waals surface area contributed by atoms with E-state index in [1.165, 1.54) is 0 Å². The van der Waals surface area contributed by atoms with Crippen LogP contribution in [-0.4, -0.2) is 40.9 Å². The molecule has 0 radical (unpaired) electrons. The Balaban J connectivity index is 4.84. The van der Waals surface area contributed by atoms with Crippen molar-refractivity contribution in [3.05, 3.63) is 25.3 Å².